The lowest BCUT2D eigenvalue weighted by atomic mass is 10.2. The maximum atomic E-state index is 8.89. The summed E-state index contributed by atoms with van der Waals surface area (Å²) >= 11 is 0. The topological polar surface area (TPSA) is 66.5 Å². The van der Waals surface area contributed by atoms with Crippen molar-refractivity contribution >= 4 is 5.82 Å². The molecule has 19 heavy (non-hydrogen) atoms. The number of pyridine rings is 1. The summed E-state index contributed by atoms with van der Waals surface area (Å²) in [4.78, 5) is 8.36. The molecule has 0 fully saturated rings. The number of hydrogen-bond acceptors (Lipinski definition) is 4. The monoisotopic (exact) mass is 255 g/mol. The number of unbranched alkanes of at least 4 members (excludes halogenated alkanes) is 1. The van der Waals surface area contributed by atoms with Crippen molar-refractivity contribution in [1.82, 2.24) is 14.5 Å². The molecule has 0 saturated heterocycles. The molecular formula is C14H17N5. The van der Waals surface area contributed by atoms with Gasteiger partial charge in [0.1, 0.15) is 5.82 Å². The Hall–Kier alpha value is -2.35. The Morgan fingerprint density at radius 3 is 3.00 bits per heavy atom. The molecule has 2 rings (SSSR count). The van der Waals surface area contributed by atoms with Crippen LogP contribution in [0.4, 0.5) is 5.82 Å². The van der Waals surface area contributed by atoms with Crippen LogP contribution in [0.25, 0.3) is 0 Å². The molecule has 2 heterocycles. The van der Waals surface area contributed by atoms with Crippen molar-refractivity contribution in [2.45, 2.75) is 26.3 Å². The van der Waals surface area contributed by atoms with Gasteiger partial charge in [-0.3, -0.25) is 0 Å². The fourth-order valence-electron chi connectivity index (χ4n) is 1.88. The molecule has 0 atom stereocenters. The number of nitrogens with zero attached hydrogens (tertiary/aromatic N) is 4. The van der Waals surface area contributed by atoms with Gasteiger partial charge in [0.15, 0.2) is 0 Å². The number of aryl methyl sites for hydroxylation is 2. The predicted octanol–water partition coefficient (Wildman–Crippen LogP) is 2.35. The Bertz CT molecular complexity index is 554. The van der Waals surface area contributed by atoms with E-state index < -0.39 is 0 Å². The van der Waals surface area contributed by atoms with Crippen molar-refractivity contribution < 1.29 is 0 Å². The first-order valence-electron chi connectivity index (χ1n) is 6.36. The SMILES string of the molecule is Cc1cc(C#N)cc(NCCCCn2ccnc2)n1. The number of nitrogens with one attached hydrogen (secondary N) is 1. The highest BCUT2D eigenvalue weighted by atomic mass is 15.0. The third-order valence-corrected chi connectivity index (χ3v) is 2.79. The molecule has 0 bridgehead atoms. The summed E-state index contributed by atoms with van der Waals surface area (Å²) in [6.45, 7) is 3.73. The van der Waals surface area contributed by atoms with Crippen molar-refractivity contribution in [2.75, 3.05) is 11.9 Å². The Morgan fingerprint density at radius 2 is 2.26 bits per heavy atom. The first-order chi connectivity index (χ1) is 9.28. The van der Waals surface area contributed by atoms with Crippen LogP contribution in [0, 0.1) is 18.3 Å². The number of anilines is 1. The smallest absolute Gasteiger partial charge is 0.127 e. The molecule has 0 aromatic carbocycles. The summed E-state index contributed by atoms with van der Waals surface area (Å²) in [5, 5.41) is 12.1. The van der Waals surface area contributed by atoms with Gasteiger partial charge in [0.2, 0.25) is 0 Å². The Morgan fingerprint density at radius 1 is 1.37 bits per heavy atom. The highest BCUT2D eigenvalue weighted by molar-refractivity contribution is 5.44. The fraction of sp³-hybridized carbons (Fsp3) is 0.357. The van der Waals surface area contributed by atoms with Gasteiger partial charge < -0.3 is 9.88 Å². The molecule has 98 valence electrons. The lowest BCUT2D eigenvalue weighted by Gasteiger charge is -2.07. The van der Waals surface area contributed by atoms with Gasteiger partial charge in [-0.05, 0) is 31.9 Å². The van der Waals surface area contributed by atoms with E-state index in [1.54, 1.807) is 18.3 Å². The van der Waals surface area contributed by atoms with E-state index in [2.05, 4.69) is 25.9 Å². The van der Waals surface area contributed by atoms with Gasteiger partial charge in [-0.15, -0.1) is 0 Å². The molecule has 1 N–H and O–H groups in total. The Balaban J connectivity index is 1.73. The zero-order chi connectivity index (χ0) is 13.5. The van der Waals surface area contributed by atoms with Crippen molar-refractivity contribution in [2.24, 2.45) is 0 Å². The Labute approximate surface area is 112 Å². The van der Waals surface area contributed by atoms with E-state index in [0.29, 0.717) is 5.56 Å². The molecule has 2 aromatic rings. The minimum Gasteiger partial charge on any atom is -0.370 e. The van der Waals surface area contributed by atoms with Crippen molar-refractivity contribution in [1.29, 1.82) is 5.26 Å². The summed E-state index contributed by atoms with van der Waals surface area (Å²) in [6, 6.07) is 5.70. The van der Waals surface area contributed by atoms with E-state index >= 15 is 0 Å². The average molecular weight is 255 g/mol. The summed E-state index contributed by atoms with van der Waals surface area (Å²) in [7, 11) is 0. The second-order valence-corrected chi connectivity index (χ2v) is 4.43. The highest BCUT2D eigenvalue weighted by Crippen LogP contribution is 2.09. The van der Waals surface area contributed by atoms with Crippen LogP contribution in [0.1, 0.15) is 24.1 Å². The molecule has 0 aliphatic rings. The lowest BCUT2D eigenvalue weighted by molar-refractivity contribution is 0.620. The van der Waals surface area contributed by atoms with Gasteiger partial charge in [0, 0.05) is 31.2 Å². The third kappa shape index (κ3) is 4.11. The molecule has 0 aliphatic carbocycles. The summed E-state index contributed by atoms with van der Waals surface area (Å²) < 4.78 is 2.07. The first-order valence-corrected chi connectivity index (χ1v) is 6.36. The maximum absolute atomic E-state index is 8.89. The molecular weight excluding hydrogens is 238 g/mol. The summed E-state index contributed by atoms with van der Waals surface area (Å²) in [5.74, 6) is 0.777. The van der Waals surface area contributed by atoms with Gasteiger partial charge in [-0.25, -0.2) is 9.97 Å². The first kappa shape index (κ1) is 13.1. The molecule has 0 radical (unpaired) electrons. The highest BCUT2D eigenvalue weighted by Gasteiger charge is 1.99. The zero-order valence-electron chi connectivity index (χ0n) is 11.0. The Kier molecular flexibility index (Phi) is 4.51. The van der Waals surface area contributed by atoms with Crippen LogP contribution in [-0.2, 0) is 6.54 Å². The van der Waals surface area contributed by atoms with Crippen LogP contribution in [0.2, 0.25) is 0 Å². The fourth-order valence-corrected chi connectivity index (χ4v) is 1.88. The van der Waals surface area contributed by atoms with E-state index in [0.717, 1.165) is 37.4 Å². The molecule has 5 nitrogen and oxygen atoms in total. The molecule has 0 saturated carbocycles. The summed E-state index contributed by atoms with van der Waals surface area (Å²) in [6.07, 6.45) is 7.72. The molecule has 0 aliphatic heterocycles. The minimum atomic E-state index is 0.647. The van der Waals surface area contributed by atoms with Crippen molar-refractivity contribution in [3.8, 4) is 6.07 Å². The second-order valence-electron chi connectivity index (χ2n) is 4.43. The molecule has 2 aromatic heterocycles. The summed E-state index contributed by atoms with van der Waals surface area (Å²) in [5.41, 5.74) is 1.51. The number of aromatic nitrogens is 3. The second kappa shape index (κ2) is 6.55. The van der Waals surface area contributed by atoms with Crippen LogP contribution < -0.4 is 5.32 Å². The van der Waals surface area contributed by atoms with Crippen LogP contribution in [0.3, 0.4) is 0 Å². The van der Waals surface area contributed by atoms with Gasteiger partial charge in [-0.1, -0.05) is 0 Å². The average Bonchev–Trinajstić information content (AvgIpc) is 2.91. The largest absolute Gasteiger partial charge is 0.370 e. The van der Waals surface area contributed by atoms with Gasteiger partial charge in [-0.2, -0.15) is 5.26 Å². The van der Waals surface area contributed by atoms with Crippen LogP contribution >= 0.6 is 0 Å². The predicted molar refractivity (Wildman–Crippen MR) is 73.6 cm³/mol. The van der Waals surface area contributed by atoms with E-state index in [1.165, 1.54) is 0 Å². The molecule has 0 amide bonds. The molecule has 5 heteroatoms. The van der Waals surface area contributed by atoms with E-state index in [9.17, 15) is 0 Å². The maximum Gasteiger partial charge on any atom is 0.127 e. The zero-order valence-corrected chi connectivity index (χ0v) is 11.0. The van der Waals surface area contributed by atoms with Gasteiger partial charge in [0.05, 0.1) is 18.0 Å². The van der Waals surface area contributed by atoms with E-state index in [1.807, 2.05) is 19.4 Å². The van der Waals surface area contributed by atoms with Gasteiger partial charge in [0.25, 0.3) is 0 Å². The van der Waals surface area contributed by atoms with Gasteiger partial charge >= 0.3 is 0 Å². The number of nitriles is 1. The van der Waals surface area contributed by atoms with E-state index in [-0.39, 0.29) is 0 Å². The molecule has 0 unspecified atom stereocenters. The number of rotatable bonds is 6. The standard InChI is InChI=1S/C14H17N5/c1-12-8-13(10-15)9-14(18-12)17-4-2-3-6-19-7-5-16-11-19/h5,7-9,11H,2-4,6H2,1H3,(H,17,18). The van der Waals surface area contributed by atoms with Crippen molar-refractivity contribution in [3.63, 3.8) is 0 Å². The lowest BCUT2D eigenvalue weighted by Crippen LogP contribution is -2.06. The minimum absolute atomic E-state index is 0.647. The quantitative estimate of drug-likeness (QED) is 0.805. The van der Waals surface area contributed by atoms with Crippen LogP contribution in [-0.4, -0.2) is 21.1 Å². The van der Waals surface area contributed by atoms with E-state index in [4.69, 9.17) is 5.26 Å². The normalized spacial score (nSPS) is 10.1. The number of imidazole rings is 1. The number of hydrogen-bond donors (Lipinski definition) is 1. The third-order valence-electron chi connectivity index (χ3n) is 2.79. The molecule has 0 spiro atoms. The van der Waals surface area contributed by atoms with Crippen LogP contribution in [0.15, 0.2) is 30.9 Å². The van der Waals surface area contributed by atoms with Crippen LogP contribution in [0.5, 0.6) is 0 Å². The van der Waals surface area contributed by atoms with Crippen molar-refractivity contribution in [3.05, 3.63) is 42.1 Å².